The Morgan fingerprint density at radius 3 is 2.59 bits per heavy atom. The molecule has 3 rings (SSSR count). The molecule has 2 heterocycles. The molecule has 5 nitrogen and oxygen atoms in total. The van der Waals surface area contributed by atoms with Crippen LogP contribution in [0.2, 0.25) is 0 Å². The van der Waals surface area contributed by atoms with Crippen LogP contribution in [-0.4, -0.2) is 41.0 Å². The minimum atomic E-state index is -0.270. The molecule has 0 spiro atoms. The third kappa shape index (κ3) is 3.09. The van der Waals surface area contributed by atoms with E-state index in [1.54, 1.807) is 6.07 Å². The van der Waals surface area contributed by atoms with E-state index in [4.69, 9.17) is 0 Å². The molecular formula is C17H25N3O2. The first kappa shape index (κ1) is 15.3. The zero-order valence-corrected chi connectivity index (χ0v) is 13.6. The quantitative estimate of drug-likeness (QED) is 0.890. The summed E-state index contributed by atoms with van der Waals surface area (Å²) >= 11 is 0. The molecule has 120 valence electrons. The van der Waals surface area contributed by atoms with Crippen LogP contribution in [0.5, 0.6) is 0 Å². The van der Waals surface area contributed by atoms with Crippen molar-refractivity contribution in [1.82, 2.24) is 15.2 Å². The number of carbonyl (C=O) groups is 1. The monoisotopic (exact) mass is 303 g/mol. The zero-order chi connectivity index (χ0) is 15.9. The highest BCUT2D eigenvalue weighted by Crippen LogP contribution is 2.38. The maximum absolute atomic E-state index is 12.4. The van der Waals surface area contributed by atoms with Crippen molar-refractivity contribution in [3.05, 3.63) is 33.7 Å². The van der Waals surface area contributed by atoms with Gasteiger partial charge in [0.15, 0.2) is 0 Å². The van der Waals surface area contributed by atoms with Gasteiger partial charge in [-0.2, -0.15) is 0 Å². The van der Waals surface area contributed by atoms with Crippen molar-refractivity contribution in [3.63, 3.8) is 0 Å². The van der Waals surface area contributed by atoms with E-state index >= 15 is 0 Å². The lowest BCUT2D eigenvalue weighted by Crippen LogP contribution is -2.42. The van der Waals surface area contributed by atoms with E-state index in [0.29, 0.717) is 17.9 Å². The van der Waals surface area contributed by atoms with Crippen molar-refractivity contribution in [2.45, 2.75) is 51.6 Å². The molecular weight excluding hydrogens is 278 g/mol. The van der Waals surface area contributed by atoms with E-state index in [2.05, 4.69) is 36.0 Å². The summed E-state index contributed by atoms with van der Waals surface area (Å²) in [6.07, 6.45) is 2.26. The summed E-state index contributed by atoms with van der Waals surface area (Å²) in [6.45, 7) is 8.31. The number of nitrogens with one attached hydrogen (secondary N) is 2. The summed E-state index contributed by atoms with van der Waals surface area (Å²) in [5.41, 5.74) is 0.912. The molecule has 2 aliphatic rings. The van der Waals surface area contributed by atoms with Gasteiger partial charge in [0.05, 0.1) is 0 Å². The SMILES string of the molecule is CC(C)N1C[C@H](C)[C@H](NC(=O)c2ccc(C3CC3)[nH]c2=O)C1. The minimum absolute atomic E-state index is 0.109. The fourth-order valence-corrected chi connectivity index (χ4v) is 3.16. The standard InChI is InChI=1S/C17H25N3O2/c1-10(2)20-8-11(3)15(9-20)19-17(22)13-6-7-14(12-4-5-12)18-16(13)21/h6-7,10-12,15H,4-5,8-9H2,1-3H3,(H,18,21)(H,19,22)/t11-,15+/m0/s1. The molecule has 1 saturated heterocycles. The topological polar surface area (TPSA) is 65.2 Å². The summed E-state index contributed by atoms with van der Waals surface area (Å²) < 4.78 is 0. The summed E-state index contributed by atoms with van der Waals surface area (Å²) in [6, 6.07) is 4.14. The van der Waals surface area contributed by atoms with E-state index in [-0.39, 0.29) is 23.1 Å². The first-order chi connectivity index (χ1) is 10.5. The normalized spacial score (nSPS) is 25.6. The molecule has 22 heavy (non-hydrogen) atoms. The van der Waals surface area contributed by atoms with Gasteiger partial charge in [-0.15, -0.1) is 0 Å². The van der Waals surface area contributed by atoms with Gasteiger partial charge in [0.1, 0.15) is 5.56 Å². The number of amides is 1. The second-order valence-corrected chi connectivity index (χ2v) is 7.04. The lowest BCUT2D eigenvalue weighted by molar-refractivity contribution is 0.0929. The Morgan fingerprint density at radius 1 is 1.32 bits per heavy atom. The maximum Gasteiger partial charge on any atom is 0.261 e. The van der Waals surface area contributed by atoms with Crippen molar-refractivity contribution >= 4 is 5.91 Å². The van der Waals surface area contributed by atoms with E-state index < -0.39 is 0 Å². The predicted molar refractivity (Wildman–Crippen MR) is 86.2 cm³/mol. The molecule has 0 unspecified atom stereocenters. The third-order valence-corrected chi connectivity index (χ3v) is 4.88. The van der Waals surface area contributed by atoms with Crippen LogP contribution in [-0.2, 0) is 0 Å². The largest absolute Gasteiger partial charge is 0.348 e. The Kier molecular flexibility index (Phi) is 4.08. The molecule has 2 N–H and O–H groups in total. The first-order valence-corrected chi connectivity index (χ1v) is 8.24. The van der Waals surface area contributed by atoms with Gasteiger partial charge >= 0.3 is 0 Å². The van der Waals surface area contributed by atoms with Crippen molar-refractivity contribution in [1.29, 1.82) is 0 Å². The highest BCUT2D eigenvalue weighted by atomic mass is 16.2. The Labute approximate surface area is 131 Å². The van der Waals surface area contributed by atoms with Crippen molar-refractivity contribution in [3.8, 4) is 0 Å². The molecule has 0 bridgehead atoms. The minimum Gasteiger partial charge on any atom is -0.348 e. The van der Waals surface area contributed by atoms with Crippen LogP contribution in [0.15, 0.2) is 16.9 Å². The van der Waals surface area contributed by atoms with Crippen LogP contribution < -0.4 is 10.9 Å². The van der Waals surface area contributed by atoms with Crippen molar-refractivity contribution in [2.75, 3.05) is 13.1 Å². The van der Waals surface area contributed by atoms with Crippen LogP contribution in [0.3, 0.4) is 0 Å². The lowest BCUT2D eigenvalue weighted by atomic mass is 10.1. The van der Waals surface area contributed by atoms with Crippen LogP contribution in [0.1, 0.15) is 55.6 Å². The molecule has 1 aromatic rings. The van der Waals surface area contributed by atoms with Gasteiger partial charge in [-0.05, 0) is 50.7 Å². The molecule has 1 aliphatic heterocycles. The predicted octanol–water partition coefficient (Wildman–Crippen LogP) is 1.71. The molecule has 0 aromatic carbocycles. The van der Waals surface area contributed by atoms with Gasteiger partial charge in [-0.25, -0.2) is 0 Å². The highest BCUT2D eigenvalue weighted by Gasteiger charge is 2.32. The van der Waals surface area contributed by atoms with Crippen LogP contribution in [0, 0.1) is 5.92 Å². The number of likely N-dealkylation sites (tertiary alicyclic amines) is 1. The summed E-state index contributed by atoms with van der Waals surface area (Å²) in [7, 11) is 0. The summed E-state index contributed by atoms with van der Waals surface area (Å²) in [5.74, 6) is 0.626. The number of pyridine rings is 1. The average Bonchev–Trinajstić information content (AvgIpc) is 3.24. The van der Waals surface area contributed by atoms with Gasteiger partial charge in [-0.1, -0.05) is 6.92 Å². The van der Waals surface area contributed by atoms with Gasteiger partial charge in [0, 0.05) is 30.9 Å². The van der Waals surface area contributed by atoms with Crippen molar-refractivity contribution < 1.29 is 4.79 Å². The number of rotatable bonds is 4. The maximum atomic E-state index is 12.4. The summed E-state index contributed by atoms with van der Waals surface area (Å²) in [5, 5.41) is 3.03. The molecule has 2 fully saturated rings. The number of aromatic nitrogens is 1. The lowest BCUT2D eigenvalue weighted by Gasteiger charge is -2.20. The van der Waals surface area contributed by atoms with Crippen LogP contribution in [0.25, 0.3) is 0 Å². The number of aromatic amines is 1. The van der Waals surface area contributed by atoms with E-state index in [1.165, 1.54) is 0 Å². The first-order valence-electron chi connectivity index (χ1n) is 8.24. The van der Waals surface area contributed by atoms with Crippen molar-refractivity contribution in [2.24, 2.45) is 5.92 Å². The molecule has 1 aliphatic carbocycles. The van der Waals surface area contributed by atoms with Gasteiger partial charge in [0.2, 0.25) is 0 Å². The Bertz CT molecular complexity index is 619. The molecule has 1 saturated carbocycles. The second kappa shape index (κ2) is 5.88. The number of carbonyl (C=O) groups excluding carboxylic acids is 1. The second-order valence-electron chi connectivity index (χ2n) is 7.04. The molecule has 0 radical (unpaired) electrons. The van der Waals surface area contributed by atoms with E-state index in [1.807, 2.05) is 6.07 Å². The van der Waals surface area contributed by atoms with Gasteiger partial charge in [0.25, 0.3) is 11.5 Å². The van der Waals surface area contributed by atoms with Gasteiger partial charge < -0.3 is 10.3 Å². The Morgan fingerprint density at radius 2 is 2.05 bits per heavy atom. The molecule has 1 amide bonds. The van der Waals surface area contributed by atoms with E-state index in [9.17, 15) is 9.59 Å². The fraction of sp³-hybridized carbons (Fsp3) is 0.647. The smallest absolute Gasteiger partial charge is 0.261 e. The molecule has 5 heteroatoms. The third-order valence-electron chi connectivity index (χ3n) is 4.88. The van der Waals surface area contributed by atoms with Gasteiger partial charge in [-0.3, -0.25) is 14.5 Å². The molecule has 1 aromatic heterocycles. The average molecular weight is 303 g/mol. The number of H-pyrrole nitrogens is 1. The Hall–Kier alpha value is -1.62. The highest BCUT2D eigenvalue weighted by molar-refractivity contribution is 5.94. The number of hydrogen-bond acceptors (Lipinski definition) is 3. The number of nitrogens with zero attached hydrogens (tertiary/aromatic N) is 1. The fourth-order valence-electron chi connectivity index (χ4n) is 3.16. The van der Waals surface area contributed by atoms with Crippen LogP contribution in [0.4, 0.5) is 0 Å². The van der Waals surface area contributed by atoms with E-state index in [0.717, 1.165) is 31.6 Å². The molecule has 2 atom stereocenters. The zero-order valence-electron chi connectivity index (χ0n) is 13.6. The number of hydrogen-bond donors (Lipinski definition) is 2. The summed E-state index contributed by atoms with van der Waals surface area (Å²) in [4.78, 5) is 29.7. The van der Waals surface area contributed by atoms with Crippen LogP contribution >= 0.6 is 0 Å². The Balaban J connectivity index is 1.68.